The minimum atomic E-state index is -0.985. The van der Waals surface area contributed by atoms with E-state index in [4.69, 9.17) is 11.6 Å². The van der Waals surface area contributed by atoms with Gasteiger partial charge >= 0.3 is 11.9 Å². The fourth-order valence-corrected chi connectivity index (χ4v) is 3.37. The van der Waals surface area contributed by atoms with E-state index in [1.54, 1.807) is 6.07 Å². The number of halogens is 1. The average Bonchev–Trinajstić information content (AvgIpc) is 2.60. The maximum absolute atomic E-state index is 11.8. The average molecular weight is 404 g/mol. The van der Waals surface area contributed by atoms with Gasteiger partial charge in [0.2, 0.25) is 0 Å². The van der Waals surface area contributed by atoms with Gasteiger partial charge in [0, 0.05) is 11.6 Å². The van der Waals surface area contributed by atoms with Crippen LogP contribution in [0.1, 0.15) is 42.9 Å². The van der Waals surface area contributed by atoms with Crippen LogP contribution in [-0.2, 0) is 16.0 Å². The highest BCUT2D eigenvalue weighted by molar-refractivity contribution is 6.30. The van der Waals surface area contributed by atoms with E-state index in [1.807, 2.05) is 56.3 Å². The SMILES string of the molecule is CC(C)CC(NCC(C(=O)O)c1cccc(Cc2cccc(Cl)c2)c1)C(=O)O. The van der Waals surface area contributed by atoms with Gasteiger partial charge in [-0.15, -0.1) is 0 Å². The Kier molecular flexibility index (Phi) is 8.03. The highest BCUT2D eigenvalue weighted by Crippen LogP contribution is 2.21. The quantitative estimate of drug-likeness (QED) is 0.553. The van der Waals surface area contributed by atoms with Crippen molar-refractivity contribution in [3.05, 3.63) is 70.2 Å². The number of carboxylic acids is 2. The molecular formula is C22H26ClNO4. The van der Waals surface area contributed by atoms with Crippen molar-refractivity contribution in [3.63, 3.8) is 0 Å². The van der Waals surface area contributed by atoms with E-state index < -0.39 is 23.9 Å². The zero-order valence-electron chi connectivity index (χ0n) is 16.1. The predicted octanol–water partition coefficient (Wildman–Crippen LogP) is 4.19. The minimum absolute atomic E-state index is 0.0552. The highest BCUT2D eigenvalue weighted by Gasteiger charge is 2.24. The van der Waals surface area contributed by atoms with Gasteiger partial charge in [0.1, 0.15) is 6.04 Å². The third kappa shape index (κ3) is 6.66. The smallest absolute Gasteiger partial charge is 0.320 e. The first kappa shape index (κ1) is 21.9. The highest BCUT2D eigenvalue weighted by atomic mass is 35.5. The van der Waals surface area contributed by atoms with Crippen molar-refractivity contribution in [2.45, 2.75) is 38.6 Å². The molecule has 0 bridgehead atoms. The van der Waals surface area contributed by atoms with Gasteiger partial charge in [-0.25, -0.2) is 0 Å². The molecule has 2 aromatic rings. The molecule has 0 saturated heterocycles. The molecule has 0 aliphatic heterocycles. The Balaban J connectivity index is 2.15. The summed E-state index contributed by atoms with van der Waals surface area (Å²) in [6.07, 6.45) is 1.08. The van der Waals surface area contributed by atoms with Crippen molar-refractivity contribution < 1.29 is 19.8 Å². The normalized spacial score (nSPS) is 13.3. The lowest BCUT2D eigenvalue weighted by Gasteiger charge is -2.20. The molecule has 0 saturated carbocycles. The van der Waals surface area contributed by atoms with Crippen LogP contribution in [0.5, 0.6) is 0 Å². The summed E-state index contributed by atoms with van der Waals surface area (Å²) in [5.41, 5.74) is 2.66. The Morgan fingerprint density at radius 2 is 1.64 bits per heavy atom. The van der Waals surface area contributed by atoms with E-state index >= 15 is 0 Å². The molecule has 6 heteroatoms. The lowest BCUT2D eigenvalue weighted by atomic mass is 9.94. The fraction of sp³-hybridized carbons (Fsp3) is 0.364. The third-order valence-corrected chi connectivity index (χ3v) is 4.76. The molecule has 2 atom stereocenters. The Morgan fingerprint density at radius 1 is 1.00 bits per heavy atom. The second-order valence-electron chi connectivity index (χ2n) is 7.37. The van der Waals surface area contributed by atoms with Crippen molar-refractivity contribution in [1.82, 2.24) is 5.32 Å². The number of hydrogen-bond acceptors (Lipinski definition) is 3. The molecule has 0 amide bonds. The van der Waals surface area contributed by atoms with Gasteiger partial charge in [0.05, 0.1) is 5.92 Å². The fourth-order valence-electron chi connectivity index (χ4n) is 3.15. The molecule has 2 rings (SSSR count). The van der Waals surface area contributed by atoms with Crippen molar-refractivity contribution in [1.29, 1.82) is 0 Å². The summed E-state index contributed by atoms with van der Waals surface area (Å²) in [6, 6.07) is 14.2. The number of rotatable bonds is 10. The van der Waals surface area contributed by atoms with E-state index in [0.29, 0.717) is 23.4 Å². The summed E-state index contributed by atoms with van der Waals surface area (Å²) in [4.78, 5) is 23.2. The topological polar surface area (TPSA) is 86.6 Å². The summed E-state index contributed by atoms with van der Waals surface area (Å²) < 4.78 is 0. The summed E-state index contributed by atoms with van der Waals surface area (Å²) in [5.74, 6) is -2.58. The molecule has 2 aromatic carbocycles. The molecule has 0 aromatic heterocycles. The number of hydrogen-bond donors (Lipinski definition) is 3. The van der Waals surface area contributed by atoms with Gasteiger partial charge < -0.3 is 15.5 Å². The molecule has 28 heavy (non-hydrogen) atoms. The maximum atomic E-state index is 11.8. The minimum Gasteiger partial charge on any atom is -0.481 e. The molecule has 2 unspecified atom stereocenters. The van der Waals surface area contributed by atoms with Gasteiger partial charge in [-0.2, -0.15) is 0 Å². The van der Waals surface area contributed by atoms with Crippen LogP contribution in [0.15, 0.2) is 48.5 Å². The first-order chi connectivity index (χ1) is 13.3. The monoisotopic (exact) mass is 403 g/mol. The van der Waals surface area contributed by atoms with Crippen molar-refractivity contribution >= 4 is 23.5 Å². The van der Waals surface area contributed by atoms with Gasteiger partial charge in [-0.3, -0.25) is 9.59 Å². The van der Waals surface area contributed by atoms with Gasteiger partial charge in [-0.05, 0) is 47.6 Å². The number of aliphatic carboxylic acids is 2. The number of carbonyl (C=O) groups is 2. The molecule has 0 aliphatic rings. The number of carboxylic acid groups (broad SMARTS) is 2. The largest absolute Gasteiger partial charge is 0.481 e. The molecule has 5 nitrogen and oxygen atoms in total. The van der Waals surface area contributed by atoms with Crippen LogP contribution in [0.25, 0.3) is 0 Å². The van der Waals surface area contributed by atoms with Gasteiger partial charge in [-0.1, -0.05) is 61.8 Å². The van der Waals surface area contributed by atoms with Gasteiger partial charge in [0.15, 0.2) is 0 Å². The Labute approximate surface area is 170 Å². The van der Waals surface area contributed by atoms with E-state index in [9.17, 15) is 19.8 Å². The predicted molar refractivity (Wildman–Crippen MR) is 110 cm³/mol. The summed E-state index contributed by atoms with van der Waals surface area (Å²) >= 11 is 6.03. The molecule has 0 radical (unpaired) electrons. The van der Waals surface area contributed by atoms with E-state index in [-0.39, 0.29) is 12.5 Å². The molecule has 150 valence electrons. The molecular weight excluding hydrogens is 378 g/mol. The van der Waals surface area contributed by atoms with E-state index in [1.165, 1.54) is 0 Å². The number of benzene rings is 2. The third-order valence-electron chi connectivity index (χ3n) is 4.52. The molecule has 0 spiro atoms. The lowest BCUT2D eigenvalue weighted by molar-refractivity contribution is -0.142. The zero-order chi connectivity index (χ0) is 20.7. The van der Waals surface area contributed by atoms with Crippen molar-refractivity contribution in [2.24, 2.45) is 5.92 Å². The number of nitrogens with one attached hydrogen (secondary N) is 1. The summed E-state index contributed by atoms with van der Waals surface area (Å²) in [6.45, 7) is 3.93. The maximum Gasteiger partial charge on any atom is 0.320 e. The van der Waals surface area contributed by atoms with Crippen molar-refractivity contribution in [3.8, 4) is 0 Å². The molecule has 3 N–H and O–H groups in total. The molecule has 0 heterocycles. The first-order valence-corrected chi connectivity index (χ1v) is 9.66. The van der Waals surface area contributed by atoms with Crippen LogP contribution in [-0.4, -0.2) is 34.7 Å². The Bertz CT molecular complexity index is 822. The molecule has 0 aliphatic carbocycles. The molecule has 0 fully saturated rings. The van der Waals surface area contributed by atoms with Crippen molar-refractivity contribution in [2.75, 3.05) is 6.54 Å². The van der Waals surface area contributed by atoms with Gasteiger partial charge in [0.25, 0.3) is 0 Å². The Morgan fingerprint density at radius 3 is 2.21 bits per heavy atom. The second-order valence-corrected chi connectivity index (χ2v) is 7.81. The summed E-state index contributed by atoms with van der Waals surface area (Å²) in [5, 5.41) is 22.6. The lowest BCUT2D eigenvalue weighted by Crippen LogP contribution is -2.41. The first-order valence-electron chi connectivity index (χ1n) is 9.28. The summed E-state index contributed by atoms with van der Waals surface area (Å²) in [7, 11) is 0. The second kappa shape index (κ2) is 10.2. The van der Waals surface area contributed by atoms with Crippen LogP contribution in [0, 0.1) is 5.92 Å². The van der Waals surface area contributed by atoms with E-state index in [0.717, 1.165) is 11.1 Å². The van der Waals surface area contributed by atoms with Crippen LogP contribution < -0.4 is 5.32 Å². The van der Waals surface area contributed by atoms with Crippen LogP contribution in [0.3, 0.4) is 0 Å². The van der Waals surface area contributed by atoms with Crippen LogP contribution >= 0.6 is 11.6 Å². The zero-order valence-corrected chi connectivity index (χ0v) is 16.8. The van der Waals surface area contributed by atoms with Crippen LogP contribution in [0.4, 0.5) is 0 Å². The van der Waals surface area contributed by atoms with E-state index in [2.05, 4.69) is 5.32 Å². The van der Waals surface area contributed by atoms with Crippen LogP contribution in [0.2, 0.25) is 5.02 Å². The standard InChI is InChI=1S/C22H26ClNO4/c1-14(2)9-20(22(27)28)24-13-19(21(25)26)17-7-3-5-15(11-17)10-16-6-4-8-18(23)12-16/h3-8,11-12,14,19-20,24H,9-10,13H2,1-2H3,(H,25,26)(H,27,28). The Hall–Kier alpha value is -2.37.